The first-order valence-corrected chi connectivity index (χ1v) is 6.94. The van der Waals surface area contributed by atoms with Gasteiger partial charge < -0.3 is 9.88 Å². The van der Waals surface area contributed by atoms with E-state index in [0.29, 0.717) is 11.5 Å². The van der Waals surface area contributed by atoms with Crippen LogP contribution in [0.5, 0.6) is 0 Å². The predicted molar refractivity (Wildman–Crippen MR) is 81.8 cm³/mol. The monoisotopic (exact) mass is 296 g/mol. The fraction of sp³-hybridized carbons (Fsp3) is 0.188. The number of nitrogens with one attached hydrogen (secondary N) is 1. The van der Waals surface area contributed by atoms with Gasteiger partial charge in [0.05, 0.1) is 5.69 Å². The SMILES string of the molecule is CC(=O)N1N=C(c2ccccc2)NC(=O)C1c1cccn1C. The standard InChI is InChI=1S/C16H16N4O2/c1-11(21)20-14(13-9-6-10-19(13)2)16(22)17-15(18-20)12-7-4-3-5-8-12/h3-10,14H,1-2H3,(H,17,18,22). The quantitative estimate of drug-likeness (QED) is 0.910. The van der Waals surface area contributed by atoms with Crippen LogP contribution < -0.4 is 5.32 Å². The van der Waals surface area contributed by atoms with Gasteiger partial charge in [0.15, 0.2) is 11.9 Å². The number of hydrogen-bond donors (Lipinski definition) is 1. The summed E-state index contributed by atoms with van der Waals surface area (Å²) in [5.41, 5.74) is 1.47. The molecule has 0 saturated carbocycles. The number of aromatic nitrogens is 1. The predicted octanol–water partition coefficient (Wildman–Crippen LogP) is 1.41. The molecule has 1 aromatic carbocycles. The Labute approximate surface area is 128 Å². The Hall–Kier alpha value is -2.89. The van der Waals surface area contributed by atoms with E-state index < -0.39 is 6.04 Å². The molecule has 1 aliphatic heterocycles. The lowest BCUT2D eigenvalue weighted by Crippen LogP contribution is -2.49. The van der Waals surface area contributed by atoms with Gasteiger partial charge in [0.25, 0.3) is 5.91 Å². The van der Waals surface area contributed by atoms with Crippen molar-refractivity contribution in [2.24, 2.45) is 12.1 Å². The fourth-order valence-electron chi connectivity index (χ4n) is 2.48. The highest BCUT2D eigenvalue weighted by atomic mass is 16.2. The number of aryl methyl sites for hydroxylation is 1. The number of nitrogens with zero attached hydrogens (tertiary/aromatic N) is 3. The van der Waals surface area contributed by atoms with Crippen LogP contribution in [-0.2, 0) is 16.6 Å². The minimum absolute atomic E-state index is 0.272. The third-order valence-corrected chi connectivity index (χ3v) is 3.58. The number of carbonyl (C=O) groups is 2. The van der Waals surface area contributed by atoms with Crippen LogP contribution in [0.1, 0.15) is 24.2 Å². The van der Waals surface area contributed by atoms with E-state index in [1.165, 1.54) is 11.9 Å². The van der Waals surface area contributed by atoms with Crippen molar-refractivity contribution in [1.82, 2.24) is 14.9 Å². The summed E-state index contributed by atoms with van der Waals surface area (Å²) < 4.78 is 1.81. The summed E-state index contributed by atoms with van der Waals surface area (Å²) in [4.78, 5) is 24.5. The number of hydrogen-bond acceptors (Lipinski definition) is 3. The largest absolute Gasteiger partial charge is 0.352 e. The third-order valence-electron chi connectivity index (χ3n) is 3.58. The summed E-state index contributed by atoms with van der Waals surface area (Å²) in [6.07, 6.45) is 1.83. The summed E-state index contributed by atoms with van der Waals surface area (Å²) in [5.74, 6) is -0.174. The van der Waals surface area contributed by atoms with Gasteiger partial charge in [-0.1, -0.05) is 30.3 Å². The smallest absolute Gasteiger partial charge is 0.256 e. The van der Waals surface area contributed by atoms with E-state index in [9.17, 15) is 9.59 Å². The van der Waals surface area contributed by atoms with Crippen molar-refractivity contribution in [3.63, 3.8) is 0 Å². The maximum Gasteiger partial charge on any atom is 0.256 e. The van der Waals surface area contributed by atoms with E-state index in [-0.39, 0.29) is 11.8 Å². The lowest BCUT2D eigenvalue weighted by Gasteiger charge is -2.31. The highest BCUT2D eigenvalue weighted by molar-refractivity contribution is 6.11. The third kappa shape index (κ3) is 2.39. The number of rotatable bonds is 2. The van der Waals surface area contributed by atoms with Gasteiger partial charge >= 0.3 is 0 Å². The van der Waals surface area contributed by atoms with Crippen molar-refractivity contribution < 1.29 is 9.59 Å². The average Bonchev–Trinajstić information content (AvgIpc) is 2.93. The van der Waals surface area contributed by atoms with Crippen LogP contribution >= 0.6 is 0 Å². The molecule has 0 spiro atoms. The summed E-state index contributed by atoms with van der Waals surface area (Å²) in [7, 11) is 1.83. The first-order valence-electron chi connectivity index (χ1n) is 6.94. The molecule has 3 rings (SSSR count). The molecule has 112 valence electrons. The van der Waals surface area contributed by atoms with Crippen molar-refractivity contribution in [3.05, 3.63) is 59.9 Å². The Bertz CT molecular complexity index is 749. The molecule has 1 atom stereocenters. The zero-order chi connectivity index (χ0) is 15.7. The molecule has 0 bridgehead atoms. The summed E-state index contributed by atoms with van der Waals surface area (Å²) >= 11 is 0. The highest BCUT2D eigenvalue weighted by Gasteiger charge is 2.36. The van der Waals surface area contributed by atoms with Gasteiger partial charge in [-0.15, -0.1) is 0 Å². The van der Waals surface area contributed by atoms with E-state index in [2.05, 4.69) is 10.4 Å². The Balaban J connectivity index is 2.05. The minimum Gasteiger partial charge on any atom is -0.352 e. The van der Waals surface area contributed by atoms with Gasteiger partial charge in [-0.25, -0.2) is 5.01 Å². The Kier molecular flexibility index (Phi) is 3.50. The molecule has 0 saturated heterocycles. The number of benzene rings is 1. The molecule has 0 fully saturated rings. The Morgan fingerprint density at radius 3 is 2.50 bits per heavy atom. The molecule has 6 nitrogen and oxygen atoms in total. The second-order valence-corrected chi connectivity index (χ2v) is 5.11. The number of carbonyl (C=O) groups excluding carboxylic acids is 2. The Morgan fingerprint density at radius 1 is 1.18 bits per heavy atom. The topological polar surface area (TPSA) is 66.7 Å². The molecule has 2 aromatic rings. The second kappa shape index (κ2) is 5.48. The Morgan fingerprint density at radius 2 is 1.91 bits per heavy atom. The molecule has 1 aliphatic rings. The molecule has 22 heavy (non-hydrogen) atoms. The van der Waals surface area contributed by atoms with Gasteiger partial charge in [0, 0.05) is 25.7 Å². The molecular formula is C16H16N4O2. The maximum atomic E-state index is 12.5. The van der Waals surface area contributed by atoms with E-state index in [0.717, 1.165) is 5.56 Å². The van der Waals surface area contributed by atoms with Gasteiger partial charge in [-0.2, -0.15) is 5.10 Å². The van der Waals surface area contributed by atoms with Crippen LogP contribution in [-0.4, -0.2) is 27.2 Å². The molecule has 1 aromatic heterocycles. The molecule has 2 heterocycles. The van der Waals surface area contributed by atoms with Crippen LogP contribution in [0.4, 0.5) is 0 Å². The number of amides is 2. The molecule has 2 amide bonds. The normalized spacial score (nSPS) is 17.9. The lowest BCUT2D eigenvalue weighted by atomic mass is 10.1. The molecule has 1 N–H and O–H groups in total. The maximum absolute atomic E-state index is 12.5. The van der Waals surface area contributed by atoms with Gasteiger partial charge in [-0.05, 0) is 12.1 Å². The van der Waals surface area contributed by atoms with Crippen molar-refractivity contribution in [3.8, 4) is 0 Å². The molecule has 0 aliphatic carbocycles. The van der Waals surface area contributed by atoms with Crippen LogP contribution in [0.2, 0.25) is 0 Å². The van der Waals surface area contributed by atoms with E-state index in [1.807, 2.05) is 60.3 Å². The first kappa shape index (κ1) is 14.1. The van der Waals surface area contributed by atoms with Crippen molar-refractivity contribution >= 4 is 17.6 Å². The van der Waals surface area contributed by atoms with Crippen LogP contribution in [0, 0.1) is 0 Å². The van der Waals surface area contributed by atoms with Crippen molar-refractivity contribution in [2.45, 2.75) is 13.0 Å². The molecule has 1 unspecified atom stereocenters. The van der Waals surface area contributed by atoms with Crippen LogP contribution in [0.15, 0.2) is 53.8 Å². The molecule has 6 heteroatoms. The van der Waals surface area contributed by atoms with Crippen LogP contribution in [0.25, 0.3) is 0 Å². The molecule has 0 radical (unpaired) electrons. The average molecular weight is 296 g/mol. The fourth-order valence-corrected chi connectivity index (χ4v) is 2.48. The lowest BCUT2D eigenvalue weighted by molar-refractivity contribution is -0.140. The van der Waals surface area contributed by atoms with Gasteiger partial charge in [0.1, 0.15) is 0 Å². The van der Waals surface area contributed by atoms with Crippen LogP contribution in [0.3, 0.4) is 0 Å². The van der Waals surface area contributed by atoms with Gasteiger partial charge in [-0.3, -0.25) is 9.59 Å². The van der Waals surface area contributed by atoms with E-state index >= 15 is 0 Å². The zero-order valence-corrected chi connectivity index (χ0v) is 12.4. The number of amidine groups is 1. The summed E-state index contributed by atoms with van der Waals surface area (Å²) in [5, 5.41) is 8.36. The zero-order valence-electron chi connectivity index (χ0n) is 12.4. The minimum atomic E-state index is -0.759. The van der Waals surface area contributed by atoms with E-state index in [1.54, 1.807) is 0 Å². The molecular weight excluding hydrogens is 280 g/mol. The number of hydrazone groups is 1. The summed E-state index contributed by atoms with van der Waals surface area (Å²) in [6.45, 7) is 1.40. The van der Waals surface area contributed by atoms with E-state index in [4.69, 9.17) is 0 Å². The summed E-state index contributed by atoms with van der Waals surface area (Å²) in [6, 6.07) is 12.1. The van der Waals surface area contributed by atoms with Crippen molar-refractivity contribution in [2.75, 3.05) is 0 Å². The van der Waals surface area contributed by atoms with Crippen molar-refractivity contribution in [1.29, 1.82) is 0 Å². The van der Waals surface area contributed by atoms with Gasteiger partial charge in [0.2, 0.25) is 5.91 Å². The second-order valence-electron chi connectivity index (χ2n) is 5.11. The first-order chi connectivity index (χ1) is 10.6. The highest BCUT2D eigenvalue weighted by Crippen LogP contribution is 2.25.